The lowest BCUT2D eigenvalue weighted by Gasteiger charge is -2.11. The van der Waals surface area contributed by atoms with Gasteiger partial charge in [-0.15, -0.1) is 0 Å². The van der Waals surface area contributed by atoms with Gasteiger partial charge in [-0.1, -0.05) is 38.1 Å². The summed E-state index contributed by atoms with van der Waals surface area (Å²) in [4.78, 5) is 0. The van der Waals surface area contributed by atoms with E-state index in [4.69, 9.17) is 0 Å². The molecule has 0 saturated carbocycles. The largest absolute Gasteiger partial charge is 0.213 e. The van der Waals surface area contributed by atoms with Crippen molar-refractivity contribution in [1.82, 2.24) is 0 Å². The molecular formula is C22H23FN+. The van der Waals surface area contributed by atoms with Crippen molar-refractivity contribution in [2.24, 2.45) is 7.05 Å². The maximum Gasteiger partial charge on any atom is 0.213 e. The minimum absolute atomic E-state index is 0.130. The third-order valence-electron chi connectivity index (χ3n) is 4.52. The van der Waals surface area contributed by atoms with E-state index in [1.54, 1.807) is 6.07 Å². The molecule has 0 unspecified atom stereocenters. The van der Waals surface area contributed by atoms with E-state index in [2.05, 4.69) is 61.1 Å². The fourth-order valence-electron chi connectivity index (χ4n) is 3.04. The van der Waals surface area contributed by atoms with Crippen molar-refractivity contribution in [3.8, 4) is 22.4 Å². The van der Waals surface area contributed by atoms with E-state index in [1.807, 2.05) is 26.0 Å². The predicted molar refractivity (Wildman–Crippen MR) is 97.3 cm³/mol. The molecule has 1 heterocycles. The second-order valence-electron chi connectivity index (χ2n) is 6.62. The molecule has 0 radical (unpaired) electrons. The highest BCUT2D eigenvalue weighted by atomic mass is 19.1. The van der Waals surface area contributed by atoms with E-state index >= 15 is 0 Å². The topological polar surface area (TPSA) is 3.88 Å². The highest BCUT2D eigenvalue weighted by Crippen LogP contribution is 2.28. The van der Waals surface area contributed by atoms with E-state index < -0.39 is 0 Å². The summed E-state index contributed by atoms with van der Waals surface area (Å²) in [6.07, 6.45) is 2.06. The van der Waals surface area contributed by atoms with Crippen molar-refractivity contribution in [3.63, 3.8) is 0 Å². The van der Waals surface area contributed by atoms with Gasteiger partial charge < -0.3 is 0 Å². The zero-order valence-corrected chi connectivity index (χ0v) is 14.7. The highest BCUT2D eigenvalue weighted by Gasteiger charge is 2.15. The van der Waals surface area contributed by atoms with Crippen LogP contribution in [0.25, 0.3) is 22.4 Å². The van der Waals surface area contributed by atoms with Gasteiger partial charge >= 0.3 is 0 Å². The predicted octanol–water partition coefficient (Wildman–Crippen LogP) is 5.42. The van der Waals surface area contributed by atoms with Crippen LogP contribution in [0, 0.1) is 12.7 Å². The van der Waals surface area contributed by atoms with Gasteiger partial charge in [-0.05, 0) is 53.3 Å². The zero-order chi connectivity index (χ0) is 17.3. The lowest BCUT2D eigenvalue weighted by Crippen LogP contribution is -2.30. The fourth-order valence-corrected chi connectivity index (χ4v) is 3.04. The maximum atomic E-state index is 14.0. The van der Waals surface area contributed by atoms with E-state index in [-0.39, 0.29) is 11.7 Å². The summed E-state index contributed by atoms with van der Waals surface area (Å²) in [5.41, 5.74) is 6.53. The van der Waals surface area contributed by atoms with Gasteiger partial charge in [-0.3, -0.25) is 0 Å². The Labute approximate surface area is 143 Å². The molecule has 0 fully saturated rings. The van der Waals surface area contributed by atoms with Crippen molar-refractivity contribution >= 4 is 0 Å². The lowest BCUT2D eigenvalue weighted by molar-refractivity contribution is -0.660. The molecule has 0 spiro atoms. The number of aryl methyl sites for hydroxylation is 2. The Kier molecular flexibility index (Phi) is 4.48. The minimum atomic E-state index is -0.130. The number of hydrogen-bond donors (Lipinski definition) is 0. The van der Waals surface area contributed by atoms with Crippen LogP contribution < -0.4 is 4.57 Å². The van der Waals surface area contributed by atoms with Gasteiger partial charge in [0.05, 0.1) is 0 Å². The van der Waals surface area contributed by atoms with Crippen LogP contribution in [0.2, 0.25) is 0 Å². The summed E-state index contributed by atoms with van der Waals surface area (Å²) in [6, 6.07) is 18.0. The number of nitrogens with zero attached hydrogens (tertiary/aromatic N) is 1. The molecule has 2 aromatic carbocycles. The van der Waals surface area contributed by atoms with Crippen LogP contribution in [-0.2, 0) is 7.05 Å². The molecular weight excluding hydrogens is 297 g/mol. The highest BCUT2D eigenvalue weighted by molar-refractivity contribution is 5.70. The molecule has 0 bridgehead atoms. The van der Waals surface area contributed by atoms with Crippen molar-refractivity contribution < 1.29 is 8.96 Å². The quantitative estimate of drug-likeness (QED) is 0.568. The lowest BCUT2D eigenvalue weighted by atomic mass is 9.96. The number of rotatable bonds is 3. The van der Waals surface area contributed by atoms with Gasteiger partial charge in [0, 0.05) is 17.7 Å². The van der Waals surface area contributed by atoms with Crippen LogP contribution in [0.15, 0.2) is 60.8 Å². The molecule has 2 heteroatoms. The van der Waals surface area contributed by atoms with Crippen LogP contribution in [-0.4, -0.2) is 0 Å². The van der Waals surface area contributed by atoms with Gasteiger partial charge in [0.15, 0.2) is 6.20 Å². The standard InChI is InChI=1S/C22H23FN/c1-15(2)20-13-17(9-10-21(20)23)18-11-12-24(4)22(14-18)19-8-6-5-7-16(19)3/h5-15H,1-4H3/q+1. The number of hydrogen-bond acceptors (Lipinski definition) is 0. The summed E-state index contributed by atoms with van der Waals surface area (Å²) < 4.78 is 16.1. The Hall–Kier alpha value is -2.48. The van der Waals surface area contributed by atoms with Crippen molar-refractivity contribution in [3.05, 3.63) is 77.7 Å². The second kappa shape index (κ2) is 6.56. The average Bonchev–Trinajstić information content (AvgIpc) is 2.56. The molecule has 0 N–H and O–H groups in total. The average molecular weight is 320 g/mol. The molecule has 122 valence electrons. The van der Waals surface area contributed by atoms with E-state index in [9.17, 15) is 4.39 Å². The Bertz CT molecular complexity index is 881. The molecule has 1 nitrogen and oxygen atoms in total. The second-order valence-corrected chi connectivity index (χ2v) is 6.62. The summed E-state index contributed by atoms with van der Waals surface area (Å²) in [6.45, 7) is 6.16. The van der Waals surface area contributed by atoms with Gasteiger partial charge in [-0.25, -0.2) is 8.96 Å². The summed E-state index contributed by atoms with van der Waals surface area (Å²) in [5, 5.41) is 0. The molecule has 0 atom stereocenters. The first-order valence-corrected chi connectivity index (χ1v) is 8.33. The van der Waals surface area contributed by atoms with Crippen LogP contribution >= 0.6 is 0 Å². The van der Waals surface area contributed by atoms with Crippen molar-refractivity contribution in [2.75, 3.05) is 0 Å². The van der Waals surface area contributed by atoms with Crippen LogP contribution in [0.4, 0.5) is 4.39 Å². The van der Waals surface area contributed by atoms with E-state index in [0.29, 0.717) is 0 Å². The molecule has 0 aliphatic heterocycles. The monoisotopic (exact) mass is 320 g/mol. The Morgan fingerprint density at radius 1 is 0.917 bits per heavy atom. The molecule has 3 aromatic rings. The minimum Gasteiger partial charge on any atom is -0.207 e. The smallest absolute Gasteiger partial charge is 0.207 e. The Balaban J connectivity index is 2.13. The molecule has 1 aromatic heterocycles. The van der Waals surface area contributed by atoms with Crippen LogP contribution in [0.3, 0.4) is 0 Å². The SMILES string of the molecule is Cc1ccccc1-c1cc(-c2ccc(F)c(C(C)C)c2)cc[n+]1C. The molecule has 0 aliphatic rings. The Morgan fingerprint density at radius 2 is 1.62 bits per heavy atom. The van der Waals surface area contributed by atoms with Crippen LogP contribution in [0.1, 0.15) is 30.9 Å². The number of benzene rings is 2. The first kappa shape index (κ1) is 16.4. The number of pyridine rings is 1. The summed E-state index contributed by atoms with van der Waals surface area (Å²) in [5.74, 6) is 0.0370. The number of aromatic nitrogens is 1. The molecule has 3 rings (SSSR count). The third-order valence-corrected chi connectivity index (χ3v) is 4.52. The molecule has 24 heavy (non-hydrogen) atoms. The summed E-state index contributed by atoms with van der Waals surface area (Å²) in [7, 11) is 2.05. The van der Waals surface area contributed by atoms with Gasteiger partial charge in [-0.2, -0.15) is 0 Å². The van der Waals surface area contributed by atoms with Crippen molar-refractivity contribution in [1.29, 1.82) is 0 Å². The summed E-state index contributed by atoms with van der Waals surface area (Å²) >= 11 is 0. The molecule has 0 aliphatic carbocycles. The van der Waals surface area contributed by atoms with E-state index in [1.165, 1.54) is 11.1 Å². The normalized spacial score (nSPS) is 11.1. The zero-order valence-electron chi connectivity index (χ0n) is 14.7. The maximum absolute atomic E-state index is 14.0. The van der Waals surface area contributed by atoms with Crippen LogP contribution in [0.5, 0.6) is 0 Å². The van der Waals surface area contributed by atoms with Gasteiger partial charge in [0.1, 0.15) is 12.9 Å². The van der Waals surface area contributed by atoms with Crippen molar-refractivity contribution in [2.45, 2.75) is 26.7 Å². The van der Waals surface area contributed by atoms with E-state index in [0.717, 1.165) is 22.4 Å². The van der Waals surface area contributed by atoms with Gasteiger partial charge in [0.2, 0.25) is 5.69 Å². The number of halogens is 1. The third kappa shape index (κ3) is 3.09. The first-order valence-electron chi connectivity index (χ1n) is 8.33. The fraction of sp³-hybridized carbons (Fsp3) is 0.227. The first-order chi connectivity index (χ1) is 11.5. The molecule has 0 saturated heterocycles. The molecule has 0 amide bonds. The van der Waals surface area contributed by atoms with Gasteiger partial charge in [0.25, 0.3) is 0 Å². The Morgan fingerprint density at radius 3 is 2.33 bits per heavy atom.